The molecule has 7 nitrogen and oxygen atoms in total. The maximum atomic E-state index is 13.9. The molecule has 0 saturated carbocycles. The molecule has 186 valence electrons. The average Bonchev–Trinajstić information content (AvgIpc) is 3.43. The number of nitrogens with zero attached hydrogens (tertiary/aromatic N) is 2. The number of amides is 1. The smallest absolute Gasteiger partial charge is 0.297 e. The molecule has 0 aliphatic carbocycles. The van der Waals surface area contributed by atoms with Gasteiger partial charge in [-0.05, 0) is 61.9 Å². The second-order valence-corrected chi connectivity index (χ2v) is 9.44. The standard InChI is InChI=1S/C28H21FN2O5S/c1-3-34-20-12-9-15(13-21(20)35-4-2)24-23-25(32)17-7-5-6-8-19(17)36-26(23)27(33)31(24)28-30-18-11-10-16(29)14-22(18)37-28/h5-14,24H,3-4H2,1-2H3/t24-/m1/s1. The fourth-order valence-electron chi connectivity index (χ4n) is 4.66. The fraction of sp³-hybridized carbons (Fsp3) is 0.179. The quantitative estimate of drug-likeness (QED) is 0.272. The average molecular weight is 517 g/mol. The molecular formula is C28H21FN2O5S. The predicted molar refractivity (Wildman–Crippen MR) is 139 cm³/mol. The van der Waals surface area contributed by atoms with Crippen molar-refractivity contribution in [1.82, 2.24) is 4.98 Å². The molecule has 2 aromatic heterocycles. The van der Waals surface area contributed by atoms with Crippen LogP contribution in [0.4, 0.5) is 9.52 Å². The number of anilines is 1. The molecule has 6 rings (SSSR count). The summed E-state index contributed by atoms with van der Waals surface area (Å²) in [6.07, 6.45) is 0. The monoisotopic (exact) mass is 516 g/mol. The SMILES string of the molecule is CCOc1ccc([C@@H]2c3c(oc4ccccc4c3=O)C(=O)N2c2nc3ccc(F)cc3s2)cc1OCC. The Morgan fingerprint density at radius 1 is 1.00 bits per heavy atom. The van der Waals surface area contributed by atoms with E-state index >= 15 is 0 Å². The Kier molecular flexibility index (Phi) is 5.64. The third-order valence-electron chi connectivity index (χ3n) is 6.21. The van der Waals surface area contributed by atoms with E-state index < -0.39 is 17.8 Å². The second-order valence-electron chi connectivity index (χ2n) is 8.43. The highest BCUT2D eigenvalue weighted by Crippen LogP contribution is 2.45. The molecule has 0 spiro atoms. The van der Waals surface area contributed by atoms with Gasteiger partial charge in [0.05, 0.1) is 40.4 Å². The van der Waals surface area contributed by atoms with Gasteiger partial charge >= 0.3 is 0 Å². The van der Waals surface area contributed by atoms with Gasteiger partial charge in [0.1, 0.15) is 11.4 Å². The molecule has 1 aliphatic rings. The van der Waals surface area contributed by atoms with Gasteiger partial charge in [-0.2, -0.15) is 0 Å². The molecule has 0 saturated heterocycles. The number of fused-ring (bicyclic) bond motifs is 3. The van der Waals surface area contributed by atoms with Crippen LogP contribution in [0.1, 0.15) is 41.6 Å². The Hall–Kier alpha value is -4.24. The number of halogens is 1. The topological polar surface area (TPSA) is 81.9 Å². The first-order chi connectivity index (χ1) is 18.0. The second kappa shape index (κ2) is 9.01. The maximum absolute atomic E-state index is 13.9. The van der Waals surface area contributed by atoms with Crippen LogP contribution in [0.15, 0.2) is 69.9 Å². The van der Waals surface area contributed by atoms with E-state index in [1.165, 1.54) is 28.4 Å². The van der Waals surface area contributed by atoms with Crippen molar-refractivity contribution in [2.75, 3.05) is 18.1 Å². The summed E-state index contributed by atoms with van der Waals surface area (Å²) in [5.41, 5.74) is 1.44. The van der Waals surface area contributed by atoms with E-state index in [4.69, 9.17) is 13.9 Å². The Balaban J connectivity index is 1.61. The van der Waals surface area contributed by atoms with Gasteiger partial charge in [0, 0.05) is 0 Å². The Morgan fingerprint density at radius 3 is 2.59 bits per heavy atom. The summed E-state index contributed by atoms with van der Waals surface area (Å²) in [5, 5.41) is 0.709. The highest BCUT2D eigenvalue weighted by atomic mass is 32.1. The van der Waals surface area contributed by atoms with Crippen LogP contribution in [0.25, 0.3) is 21.2 Å². The molecule has 0 bridgehead atoms. The first-order valence-corrected chi connectivity index (χ1v) is 12.7. The number of carbonyl (C=O) groups excluding carboxylic acids is 1. The third-order valence-corrected chi connectivity index (χ3v) is 7.22. The van der Waals surface area contributed by atoms with Crippen LogP contribution in [0.2, 0.25) is 0 Å². The van der Waals surface area contributed by atoms with Crippen molar-refractivity contribution in [2.45, 2.75) is 19.9 Å². The van der Waals surface area contributed by atoms with Crippen LogP contribution in [-0.4, -0.2) is 24.1 Å². The summed E-state index contributed by atoms with van der Waals surface area (Å²) in [5.74, 6) is 0.135. The minimum Gasteiger partial charge on any atom is -0.490 e. The lowest BCUT2D eigenvalue weighted by Crippen LogP contribution is -2.29. The molecule has 1 aliphatic heterocycles. The summed E-state index contributed by atoms with van der Waals surface area (Å²) in [7, 11) is 0. The van der Waals surface area contributed by atoms with Crippen molar-refractivity contribution in [2.24, 2.45) is 0 Å². The van der Waals surface area contributed by atoms with Gasteiger partial charge in [0.15, 0.2) is 22.1 Å². The Bertz CT molecular complexity index is 1740. The molecule has 0 N–H and O–H groups in total. The number of benzene rings is 3. The predicted octanol–water partition coefficient (Wildman–Crippen LogP) is 6.09. The summed E-state index contributed by atoms with van der Waals surface area (Å²) < 4.78 is 32.0. The zero-order chi connectivity index (χ0) is 25.7. The van der Waals surface area contributed by atoms with Gasteiger partial charge in [-0.1, -0.05) is 29.5 Å². The molecule has 3 aromatic carbocycles. The van der Waals surface area contributed by atoms with Crippen molar-refractivity contribution in [3.05, 3.63) is 93.6 Å². The molecule has 37 heavy (non-hydrogen) atoms. The highest BCUT2D eigenvalue weighted by molar-refractivity contribution is 7.22. The van der Waals surface area contributed by atoms with Crippen molar-refractivity contribution >= 4 is 43.6 Å². The molecule has 3 heterocycles. The molecular weight excluding hydrogens is 495 g/mol. The largest absolute Gasteiger partial charge is 0.490 e. The van der Waals surface area contributed by atoms with Gasteiger partial charge in [-0.15, -0.1) is 0 Å². The number of hydrogen-bond donors (Lipinski definition) is 0. The number of ether oxygens (including phenoxy) is 2. The van der Waals surface area contributed by atoms with Crippen molar-refractivity contribution in [1.29, 1.82) is 0 Å². The molecule has 9 heteroatoms. The number of para-hydroxylation sites is 1. The van der Waals surface area contributed by atoms with E-state index in [9.17, 15) is 14.0 Å². The summed E-state index contributed by atoms with van der Waals surface area (Å²) in [6, 6.07) is 15.6. The molecule has 0 radical (unpaired) electrons. The zero-order valence-electron chi connectivity index (χ0n) is 20.0. The maximum Gasteiger partial charge on any atom is 0.297 e. The number of carbonyl (C=O) groups is 1. The Labute approximate surface area is 214 Å². The zero-order valence-corrected chi connectivity index (χ0v) is 20.8. The van der Waals surface area contributed by atoms with E-state index in [1.54, 1.807) is 48.5 Å². The van der Waals surface area contributed by atoms with Gasteiger partial charge in [0.25, 0.3) is 5.91 Å². The lowest BCUT2D eigenvalue weighted by molar-refractivity contribution is 0.0971. The van der Waals surface area contributed by atoms with Gasteiger partial charge in [0.2, 0.25) is 5.76 Å². The van der Waals surface area contributed by atoms with Gasteiger partial charge in [-0.3, -0.25) is 14.5 Å². The van der Waals surface area contributed by atoms with E-state index in [0.29, 0.717) is 56.6 Å². The summed E-state index contributed by atoms with van der Waals surface area (Å²) >= 11 is 1.17. The normalized spacial score (nSPS) is 14.9. The molecule has 5 aromatic rings. The number of thiazole rings is 1. The van der Waals surface area contributed by atoms with E-state index in [-0.39, 0.29) is 16.8 Å². The first-order valence-electron chi connectivity index (χ1n) is 11.8. The van der Waals surface area contributed by atoms with E-state index in [0.717, 1.165) is 0 Å². The summed E-state index contributed by atoms with van der Waals surface area (Å²) in [4.78, 5) is 33.6. The molecule has 0 unspecified atom stereocenters. The van der Waals surface area contributed by atoms with Gasteiger partial charge in [-0.25, -0.2) is 9.37 Å². The summed E-state index contributed by atoms with van der Waals surface area (Å²) in [6.45, 7) is 4.60. The van der Waals surface area contributed by atoms with Crippen molar-refractivity contribution in [3.63, 3.8) is 0 Å². The first kappa shape index (κ1) is 23.2. The molecule has 0 fully saturated rings. The number of aromatic nitrogens is 1. The fourth-order valence-corrected chi connectivity index (χ4v) is 5.68. The number of rotatable bonds is 6. The third kappa shape index (κ3) is 3.74. The van der Waals surface area contributed by atoms with Crippen LogP contribution in [0.5, 0.6) is 11.5 Å². The molecule has 1 amide bonds. The Morgan fingerprint density at radius 2 is 1.78 bits per heavy atom. The minimum absolute atomic E-state index is 0.0361. The van der Waals surface area contributed by atoms with Crippen LogP contribution < -0.4 is 19.8 Å². The van der Waals surface area contributed by atoms with Gasteiger partial charge < -0.3 is 13.9 Å². The van der Waals surface area contributed by atoms with Crippen LogP contribution in [0.3, 0.4) is 0 Å². The van der Waals surface area contributed by atoms with Crippen molar-refractivity contribution < 1.29 is 23.1 Å². The van der Waals surface area contributed by atoms with Crippen molar-refractivity contribution in [3.8, 4) is 11.5 Å². The van der Waals surface area contributed by atoms with Crippen LogP contribution in [0, 0.1) is 5.82 Å². The van der Waals surface area contributed by atoms with Crippen LogP contribution >= 0.6 is 11.3 Å². The van der Waals surface area contributed by atoms with E-state index in [2.05, 4.69) is 4.98 Å². The van der Waals surface area contributed by atoms with E-state index in [1.807, 2.05) is 13.8 Å². The minimum atomic E-state index is -0.830. The molecule has 1 atom stereocenters. The lowest BCUT2D eigenvalue weighted by Gasteiger charge is -2.23. The highest BCUT2D eigenvalue weighted by Gasteiger charge is 2.45. The van der Waals surface area contributed by atoms with Crippen LogP contribution in [-0.2, 0) is 0 Å². The number of hydrogen-bond acceptors (Lipinski definition) is 7. The lowest BCUT2D eigenvalue weighted by atomic mass is 9.98.